The topological polar surface area (TPSA) is 67.4 Å². The van der Waals surface area contributed by atoms with Crippen molar-refractivity contribution < 1.29 is 23.1 Å². The van der Waals surface area contributed by atoms with Gasteiger partial charge in [0.25, 0.3) is 5.91 Å². The second kappa shape index (κ2) is 7.42. The number of carbonyl (C=O) groups excluding carboxylic acids is 2. The van der Waals surface area contributed by atoms with Gasteiger partial charge in [-0.1, -0.05) is 6.07 Å². The Morgan fingerprint density at radius 1 is 1.30 bits per heavy atom. The van der Waals surface area contributed by atoms with Gasteiger partial charge in [-0.3, -0.25) is 9.59 Å². The number of halogens is 2. The summed E-state index contributed by atoms with van der Waals surface area (Å²) >= 11 is 0. The first-order chi connectivity index (χ1) is 9.38. The van der Waals surface area contributed by atoms with Crippen LogP contribution in [0.15, 0.2) is 24.3 Å². The maximum atomic E-state index is 12.1. The molecule has 7 heteroatoms. The van der Waals surface area contributed by atoms with Gasteiger partial charge >= 0.3 is 6.61 Å². The summed E-state index contributed by atoms with van der Waals surface area (Å²) in [4.78, 5) is 23.1. The lowest BCUT2D eigenvalue weighted by atomic mass is 10.2. The smallest absolute Gasteiger partial charge is 0.387 e. The minimum absolute atomic E-state index is 0.0258. The van der Waals surface area contributed by atoms with Crippen LogP contribution in [-0.4, -0.2) is 31.0 Å². The molecule has 0 atom stereocenters. The van der Waals surface area contributed by atoms with E-state index in [0.29, 0.717) is 0 Å². The Hall–Kier alpha value is -2.18. The lowest BCUT2D eigenvalue weighted by molar-refractivity contribution is -0.120. The second-order valence-corrected chi connectivity index (χ2v) is 4.31. The van der Waals surface area contributed by atoms with E-state index in [4.69, 9.17) is 0 Å². The van der Waals surface area contributed by atoms with Crippen LogP contribution in [0.1, 0.15) is 24.2 Å². The monoisotopic (exact) mass is 286 g/mol. The molecule has 0 saturated heterocycles. The molecule has 0 radical (unpaired) electrons. The van der Waals surface area contributed by atoms with Crippen molar-refractivity contribution in [2.75, 3.05) is 6.54 Å². The van der Waals surface area contributed by atoms with Crippen molar-refractivity contribution in [2.24, 2.45) is 0 Å². The molecular formula is C13H16F2N2O3. The maximum Gasteiger partial charge on any atom is 0.387 e. The summed E-state index contributed by atoms with van der Waals surface area (Å²) in [6, 6.07) is 5.33. The highest BCUT2D eigenvalue weighted by atomic mass is 19.3. The minimum Gasteiger partial charge on any atom is -0.435 e. The number of ether oxygens (including phenoxy) is 1. The summed E-state index contributed by atoms with van der Waals surface area (Å²) < 4.78 is 28.3. The first kappa shape index (κ1) is 15.9. The first-order valence-electron chi connectivity index (χ1n) is 6.01. The number of hydrogen-bond acceptors (Lipinski definition) is 3. The van der Waals surface area contributed by atoms with Crippen molar-refractivity contribution in [3.05, 3.63) is 29.8 Å². The molecule has 110 valence electrons. The van der Waals surface area contributed by atoms with E-state index < -0.39 is 12.5 Å². The molecule has 20 heavy (non-hydrogen) atoms. The van der Waals surface area contributed by atoms with E-state index in [-0.39, 0.29) is 29.8 Å². The van der Waals surface area contributed by atoms with E-state index in [9.17, 15) is 18.4 Å². The van der Waals surface area contributed by atoms with Crippen molar-refractivity contribution in [2.45, 2.75) is 26.5 Å². The van der Waals surface area contributed by atoms with Gasteiger partial charge in [0.2, 0.25) is 5.91 Å². The third kappa shape index (κ3) is 5.64. The van der Waals surface area contributed by atoms with Crippen molar-refractivity contribution >= 4 is 11.8 Å². The highest BCUT2D eigenvalue weighted by Crippen LogP contribution is 2.15. The van der Waals surface area contributed by atoms with Gasteiger partial charge in [0.15, 0.2) is 0 Å². The zero-order valence-corrected chi connectivity index (χ0v) is 11.2. The molecule has 0 heterocycles. The van der Waals surface area contributed by atoms with Gasteiger partial charge in [0.1, 0.15) is 5.75 Å². The Bertz CT molecular complexity index is 478. The SMILES string of the molecule is CC(C)NC(=O)CNC(=O)c1cccc(OC(F)F)c1. The van der Waals surface area contributed by atoms with E-state index in [0.717, 1.165) is 0 Å². The molecule has 5 nitrogen and oxygen atoms in total. The Kier molecular flexibility index (Phi) is 5.89. The van der Waals surface area contributed by atoms with Crippen LogP contribution in [0.25, 0.3) is 0 Å². The molecule has 0 aliphatic carbocycles. The predicted molar refractivity (Wildman–Crippen MR) is 68.7 cm³/mol. The summed E-state index contributed by atoms with van der Waals surface area (Å²) in [7, 11) is 0. The Morgan fingerprint density at radius 2 is 2.00 bits per heavy atom. The highest BCUT2D eigenvalue weighted by molar-refractivity contribution is 5.96. The summed E-state index contributed by atoms with van der Waals surface area (Å²) in [5.74, 6) is -0.976. The molecule has 1 aromatic carbocycles. The van der Waals surface area contributed by atoms with Crippen LogP contribution in [-0.2, 0) is 4.79 Å². The number of rotatable bonds is 6. The van der Waals surface area contributed by atoms with Crippen LogP contribution < -0.4 is 15.4 Å². The number of alkyl halides is 2. The van der Waals surface area contributed by atoms with Crippen molar-refractivity contribution in [1.82, 2.24) is 10.6 Å². The van der Waals surface area contributed by atoms with Crippen LogP contribution in [0, 0.1) is 0 Å². The zero-order chi connectivity index (χ0) is 15.1. The fourth-order valence-corrected chi connectivity index (χ4v) is 1.45. The van der Waals surface area contributed by atoms with Crippen LogP contribution in [0.4, 0.5) is 8.78 Å². The molecule has 1 rings (SSSR count). The van der Waals surface area contributed by atoms with Crippen molar-refractivity contribution in [3.8, 4) is 5.75 Å². The molecule has 0 aliphatic rings. The van der Waals surface area contributed by atoms with E-state index in [2.05, 4.69) is 15.4 Å². The second-order valence-electron chi connectivity index (χ2n) is 4.31. The molecule has 0 unspecified atom stereocenters. The number of benzene rings is 1. The van der Waals surface area contributed by atoms with Gasteiger partial charge in [-0.05, 0) is 32.0 Å². The molecule has 0 bridgehead atoms. The van der Waals surface area contributed by atoms with Crippen LogP contribution in [0.3, 0.4) is 0 Å². The normalized spacial score (nSPS) is 10.5. The molecule has 2 amide bonds. The van der Waals surface area contributed by atoms with E-state index >= 15 is 0 Å². The van der Waals surface area contributed by atoms with E-state index in [1.807, 2.05) is 0 Å². The average Bonchev–Trinajstić information content (AvgIpc) is 2.34. The lowest BCUT2D eigenvalue weighted by Gasteiger charge is -2.10. The molecule has 0 aromatic heterocycles. The minimum atomic E-state index is -2.95. The summed E-state index contributed by atoms with van der Waals surface area (Å²) in [6.07, 6.45) is 0. The molecule has 0 spiro atoms. The Labute approximate surface area is 115 Å². The average molecular weight is 286 g/mol. The molecule has 0 saturated carbocycles. The Morgan fingerprint density at radius 3 is 2.60 bits per heavy atom. The van der Waals surface area contributed by atoms with Crippen LogP contribution in [0.2, 0.25) is 0 Å². The zero-order valence-electron chi connectivity index (χ0n) is 11.2. The molecular weight excluding hydrogens is 270 g/mol. The van der Waals surface area contributed by atoms with Gasteiger partial charge in [-0.15, -0.1) is 0 Å². The van der Waals surface area contributed by atoms with Gasteiger partial charge in [-0.2, -0.15) is 8.78 Å². The predicted octanol–water partition coefficient (Wildman–Crippen LogP) is 1.54. The first-order valence-corrected chi connectivity index (χ1v) is 6.01. The largest absolute Gasteiger partial charge is 0.435 e. The van der Waals surface area contributed by atoms with Gasteiger partial charge in [0, 0.05) is 11.6 Å². The number of nitrogens with one attached hydrogen (secondary N) is 2. The third-order valence-corrected chi connectivity index (χ3v) is 2.18. The van der Waals surface area contributed by atoms with Gasteiger partial charge in [0.05, 0.1) is 6.54 Å². The highest BCUT2D eigenvalue weighted by Gasteiger charge is 2.11. The fraction of sp³-hybridized carbons (Fsp3) is 0.385. The lowest BCUT2D eigenvalue weighted by Crippen LogP contribution is -2.39. The number of amides is 2. The van der Waals surface area contributed by atoms with Crippen LogP contribution >= 0.6 is 0 Å². The summed E-state index contributed by atoms with van der Waals surface area (Å²) in [6.45, 7) is 0.456. The third-order valence-electron chi connectivity index (χ3n) is 2.18. The van der Waals surface area contributed by atoms with E-state index in [1.165, 1.54) is 24.3 Å². The quantitative estimate of drug-likeness (QED) is 0.833. The summed E-state index contributed by atoms with van der Waals surface area (Å²) in [5, 5.41) is 5.00. The molecule has 0 aliphatic heterocycles. The molecule has 2 N–H and O–H groups in total. The summed E-state index contributed by atoms with van der Waals surface area (Å²) in [5.41, 5.74) is 0.139. The standard InChI is InChI=1S/C13H16F2N2O3/c1-8(2)17-11(18)7-16-12(19)9-4-3-5-10(6-9)20-13(14)15/h3-6,8,13H,7H2,1-2H3,(H,16,19)(H,17,18). The number of carbonyl (C=O) groups is 2. The van der Waals surface area contributed by atoms with Gasteiger partial charge in [-0.25, -0.2) is 0 Å². The fourth-order valence-electron chi connectivity index (χ4n) is 1.45. The van der Waals surface area contributed by atoms with Crippen molar-refractivity contribution in [3.63, 3.8) is 0 Å². The number of hydrogen-bond donors (Lipinski definition) is 2. The molecule has 1 aromatic rings. The van der Waals surface area contributed by atoms with Gasteiger partial charge < -0.3 is 15.4 Å². The maximum absolute atomic E-state index is 12.1. The van der Waals surface area contributed by atoms with E-state index in [1.54, 1.807) is 13.8 Å². The Balaban J connectivity index is 2.57. The molecule has 0 fully saturated rings. The van der Waals surface area contributed by atoms with Crippen LogP contribution in [0.5, 0.6) is 5.75 Å². The van der Waals surface area contributed by atoms with Crippen molar-refractivity contribution in [1.29, 1.82) is 0 Å².